The van der Waals surface area contributed by atoms with E-state index in [1.807, 2.05) is 18.2 Å². The first-order valence-electron chi connectivity index (χ1n) is 7.98. The minimum absolute atomic E-state index is 0.0833. The number of aromatic nitrogens is 4. The summed E-state index contributed by atoms with van der Waals surface area (Å²) in [5.74, 6) is 0.758. The SMILES string of the molecule is Cc1noc(Cc2ccccc2NC(=O)CCn2ccc(=O)[nH]c2=O)n1. The summed E-state index contributed by atoms with van der Waals surface area (Å²) in [7, 11) is 0. The number of rotatable bonds is 6. The van der Waals surface area contributed by atoms with Crippen LogP contribution in [0, 0.1) is 6.92 Å². The van der Waals surface area contributed by atoms with Crippen LogP contribution in [0.4, 0.5) is 5.69 Å². The highest BCUT2D eigenvalue weighted by Gasteiger charge is 2.11. The third kappa shape index (κ3) is 4.32. The molecule has 0 radical (unpaired) electrons. The lowest BCUT2D eigenvalue weighted by molar-refractivity contribution is -0.116. The zero-order chi connectivity index (χ0) is 18.5. The van der Waals surface area contributed by atoms with Gasteiger partial charge >= 0.3 is 5.69 Å². The number of benzene rings is 1. The summed E-state index contributed by atoms with van der Waals surface area (Å²) >= 11 is 0. The van der Waals surface area contributed by atoms with Crippen molar-refractivity contribution in [1.29, 1.82) is 0 Å². The summed E-state index contributed by atoms with van der Waals surface area (Å²) in [6, 6.07) is 8.55. The van der Waals surface area contributed by atoms with Gasteiger partial charge in [-0.25, -0.2) is 4.79 Å². The van der Waals surface area contributed by atoms with Gasteiger partial charge in [0, 0.05) is 30.9 Å². The lowest BCUT2D eigenvalue weighted by atomic mass is 10.1. The van der Waals surface area contributed by atoms with Gasteiger partial charge in [-0.15, -0.1) is 0 Å². The zero-order valence-electron chi connectivity index (χ0n) is 14.1. The number of aryl methyl sites for hydroxylation is 2. The van der Waals surface area contributed by atoms with Crippen LogP contribution >= 0.6 is 0 Å². The Bertz CT molecular complexity index is 1030. The molecule has 2 aromatic heterocycles. The summed E-state index contributed by atoms with van der Waals surface area (Å²) in [6.45, 7) is 1.89. The molecule has 0 atom stereocenters. The standard InChI is InChI=1S/C17H17N5O4/c1-11-18-16(26-21-11)10-12-4-2-3-5-13(12)19-14(23)6-8-22-9-7-15(24)20-17(22)25/h2-5,7,9H,6,8,10H2,1H3,(H,19,23)(H,20,24,25). The number of hydrogen-bond donors (Lipinski definition) is 2. The Hall–Kier alpha value is -3.49. The molecule has 0 aliphatic carbocycles. The molecule has 2 heterocycles. The van der Waals surface area contributed by atoms with Crippen molar-refractivity contribution in [3.63, 3.8) is 0 Å². The molecule has 1 amide bonds. The molecule has 9 nitrogen and oxygen atoms in total. The third-order valence-electron chi connectivity index (χ3n) is 3.68. The van der Waals surface area contributed by atoms with Crippen molar-refractivity contribution in [2.24, 2.45) is 0 Å². The number of nitrogens with zero attached hydrogens (tertiary/aromatic N) is 3. The lowest BCUT2D eigenvalue weighted by Crippen LogP contribution is -2.29. The maximum absolute atomic E-state index is 12.2. The van der Waals surface area contributed by atoms with Gasteiger partial charge in [0.05, 0.1) is 6.42 Å². The monoisotopic (exact) mass is 355 g/mol. The molecule has 3 rings (SSSR count). The maximum Gasteiger partial charge on any atom is 0.328 e. The summed E-state index contributed by atoms with van der Waals surface area (Å²) in [6.07, 6.45) is 1.84. The van der Waals surface area contributed by atoms with Crippen molar-refractivity contribution in [1.82, 2.24) is 19.7 Å². The van der Waals surface area contributed by atoms with Crippen LogP contribution in [0.1, 0.15) is 23.7 Å². The van der Waals surface area contributed by atoms with Crippen LogP contribution in [0.3, 0.4) is 0 Å². The highest BCUT2D eigenvalue weighted by atomic mass is 16.5. The van der Waals surface area contributed by atoms with Crippen LogP contribution in [0.2, 0.25) is 0 Å². The maximum atomic E-state index is 12.2. The van der Waals surface area contributed by atoms with Gasteiger partial charge in [-0.05, 0) is 18.6 Å². The van der Waals surface area contributed by atoms with Crippen molar-refractivity contribution in [3.8, 4) is 0 Å². The van der Waals surface area contributed by atoms with E-state index in [9.17, 15) is 14.4 Å². The molecule has 0 aliphatic heterocycles. The zero-order valence-corrected chi connectivity index (χ0v) is 14.1. The van der Waals surface area contributed by atoms with E-state index in [1.54, 1.807) is 13.0 Å². The predicted octanol–water partition coefficient (Wildman–Crippen LogP) is 0.848. The summed E-state index contributed by atoms with van der Waals surface area (Å²) < 4.78 is 6.39. The van der Waals surface area contributed by atoms with Gasteiger partial charge in [0.15, 0.2) is 5.82 Å². The molecule has 0 saturated carbocycles. The van der Waals surface area contributed by atoms with Crippen molar-refractivity contribution in [2.45, 2.75) is 26.3 Å². The molecule has 0 spiro atoms. The molecule has 26 heavy (non-hydrogen) atoms. The second kappa shape index (κ2) is 7.60. The number of hydrogen-bond acceptors (Lipinski definition) is 6. The molecule has 3 aromatic rings. The summed E-state index contributed by atoms with van der Waals surface area (Å²) in [5, 5.41) is 6.57. The molecule has 1 aromatic carbocycles. The minimum atomic E-state index is -0.544. The van der Waals surface area contributed by atoms with Gasteiger partial charge in [-0.1, -0.05) is 23.4 Å². The van der Waals surface area contributed by atoms with E-state index in [0.717, 1.165) is 5.56 Å². The molecule has 2 N–H and O–H groups in total. The average Bonchev–Trinajstić information content (AvgIpc) is 3.01. The number of H-pyrrole nitrogens is 1. The van der Waals surface area contributed by atoms with Crippen LogP contribution in [0.25, 0.3) is 0 Å². The van der Waals surface area contributed by atoms with Gasteiger partial charge in [-0.2, -0.15) is 4.98 Å². The Labute approximate surface area is 147 Å². The van der Waals surface area contributed by atoms with E-state index in [1.165, 1.54) is 16.8 Å². The van der Waals surface area contributed by atoms with Gasteiger partial charge < -0.3 is 14.4 Å². The molecule has 0 fully saturated rings. The molecule has 0 saturated heterocycles. The molecule has 134 valence electrons. The van der Waals surface area contributed by atoms with Crippen molar-refractivity contribution in [3.05, 3.63) is 74.6 Å². The minimum Gasteiger partial charge on any atom is -0.339 e. The fraction of sp³-hybridized carbons (Fsp3) is 0.235. The Balaban J connectivity index is 1.65. The molecule has 9 heteroatoms. The van der Waals surface area contributed by atoms with E-state index >= 15 is 0 Å². The topological polar surface area (TPSA) is 123 Å². The number of aromatic amines is 1. The summed E-state index contributed by atoms with van der Waals surface area (Å²) in [5.41, 5.74) is 0.464. The van der Waals surface area contributed by atoms with Crippen LogP contribution in [0.15, 0.2) is 50.6 Å². The molecule has 0 bridgehead atoms. The fourth-order valence-electron chi connectivity index (χ4n) is 2.43. The van der Waals surface area contributed by atoms with Gasteiger partial charge in [0.25, 0.3) is 5.56 Å². The lowest BCUT2D eigenvalue weighted by Gasteiger charge is -2.10. The van der Waals surface area contributed by atoms with E-state index in [-0.39, 0.29) is 18.9 Å². The quantitative estimate of drug-likeness (QED) is 0.676. The third-order valence-corrected chi connectivity index (χ3v) is 3.68. The first kappa shape index (κ1) is 17.3. The molecular weight excluding hydrogens is 338 g/mol. The molecule has 0 aliphatic rings. The smallest absolute Gasteiger partial charge is 0.328 e. The number of amides is 1. The number of carbonyl (C=O) groups is 1. The van der Waals surface area contributed by atoms with Crippen molar-refractivity contribution < 1.29 is 9.32 Å². The van der Waals surface area contributed by atoms with Crippen LogP contribution in [-0.4, -0.2) is 25.6 Å². The van der Waals surface area contributed by atoms with Gasteiger partial charge in [-0.3, -0.25) is 14.6 Å². The summed E-state index contributed by atoms with van der Waals surface area (Å²) in [4.78, 5) is 41.2. The van der Waals surface area contributed by atoms with Gasteiger partial charge in [0.1, 0.15) is 0 Å². The van der Waals surface area contributed by atoms with E-state index in [0.29, 0.717) is 23.8 Å². The predicted molar refractivity (Wildman–Crippen MR) is 92.9 cm³/mol. The van der Waals surface area contributed by atoms with Gasteiger partial charge in [0.2, 0.25) is 11.8 Å². The van der Waals surface area contributed by atoms with Crippen molar-refractivity contribution in [2.75, 3.05) is 5.32 Å². The van der Waals surface area contributed by atoms with E-state index in [2.05, 4.69) is 20.4 Å². The van der Waals surface area contributed by atoms with Crippen LogP contribution in [0.5, 0.6) is 0 Å². The highest BCUT2D eigenvalue weighted by molar-refractivity contribution is 5.91. The van der Waals surface area contributed by atoms with Crippen LogP contribution in [-0.2, 0) is 17.8 Å². The molecular formula is C17H17N5O4. The number of carbonyl (C=O) groups excluding carboxylic acids is 1. The normalized spacial score (nSPS) is 10.7. The van der Waals surface area contributed by atoms with Crippen LogP contribution < -0.4 is 16.6 Å². The Kier molecular flexibility index (Phi) is 5.07. The van der Waals surface area contributed by atoms with E-state index < -0.39 is 11.2 Å². The second-order valence-electron chi connectivity index (χ2n) is 5.67. The fourth-order valence-corrected chi connectivity index (χ4v) is 2.43. The highest BCUT2D eigenvalue weighted by Crippen LogP contribution is 2.18. The second-order valence-corrected chi connectivity index (χ2v) is 5.67. The largest absolute Gasteiger partial charge is 0.339 e. The first-order chi connectivity index (χ1) is 12.5. The Morgan fingerprint density at radius 3 is 2.81 bits per heavy atom. The number of nitrogens with one attached hydrogen (secondary N) is 2. The van der Waals surface area contributed by atoms with E-state index in [4.69, 9.17) is 4.52 Å². The molecule has 0 unspecified atom stereocenters. The Morgan fingerprint density at radius 1 is 1.27 bits per heavy atom. The first-order valence-corrected chi connectivity index (χ1v) is 7.98. The average molecular weight is 355 g/mol. The number of anilines is 1. The number of para-hydroxylation sites is 1. The Morgan fingerprint density at radius 2 is 2.08 bits per heavy atom. The van der Waals surface area contributed by atoms with Crippen molar-refractivity contribution >= 4 is 11.6 Å².